The van der Waals surface area contributed by atoms with Gasteiger partial charge in [0.05, 0.1) is 37.9 Å². The molecule has 0 radical (unpaired) electrons. The Kier molecular flexibility index (Phi) is 7.52. The van der Waals surface area contributed by atoms with Crippen molar-refractivity contribution in [3.8, 4) is 0 Å². The van der Waals surface area contributed by atoms with Crippen LogP contribution in [0.2, 0.25) is 0 Å². The minimum atomic E-state index is -0.0403. The van der Waals surface area contributed by atoms with Gasteiger partial charge in [-0.25, -0.2) is 4.68 Å². The molecule has 35 heavy (non-hydrogen) atoms. The van der Waals surface area contributed by atoms with E-state index in [4.69, 9.17) is 9.47 Å². The summed E-state index contributed by atoms with van der Waals surface area (Å²) in [4.78, 5) is 20.9. The van der Waals surface area contributed by atoms with Gasteiger partial charge in [0.1, 0.15) is 0 Å². The average Bonchev–Trinajstić information content (AvgIpc) is 3.54. The van der Waals surface area contributed by atoms with E-state index in [1.54, 1.807) is 0 Å². The van der Waals surface area contributed by atoms with Crippen LogP contribution in [0.25, 0.3) is 10.9 Å². The maximum atomic E-state index is 13.1. The average molecular weight is 482 g/mol. The molecule has 0 bridgehead atoms. The van der Waals surface area contributed by atoms with Crippen molar-refractivity contribution in [3.05, 3.63) is 51.1 Å². The summed E-state index contributed by atoms with van der Waals surface area (Å²) in [7, 11) is 0. The van der Waals surface area contributed by atoms with Crippen LogP contribution in [-0.4, -0.2) is 87.1 Å². The molecule has 1 aromatic carbocycles. The van der Waals surface area contributed by atoms with Crippen molar-refractivity contribution >= 4 is 10.9 Å². The van der Waals surface area contributed by atoms with Crippen molar-refractivity contribution in [2.45, 2.75) is 52.4 Å². The number of nitrogens with one attached hydrogen (secondary N) is 1. The Morgan fingerprint density at radius 2 is 1.97 bits per heavy atom. The number of pyridine rings is 1. The van der Waals surface area contributed by atoms with Crippen molar-refractivity contribution in [2.24, 2.45) is 0 Å². The van der Waals surface area contributed by atoms with Gasteiger partial charge in [-0.1, -0.05) is 12.1 Å². The molecule has 0 unspecified atom stereocenters. The monoisotopic (exact) mass is 481 g/mol. The second kappa shape index (κ2) is 10.9. The molecule has 10 heteroatoms. The third-order valence-electron chi connectivity index (χ3n) is 7.12. The summed E-state index contributed by atoms with van der Waals surface area (Å²) in [5.74, 6) is 0.798. The first-order valence-corrected chi connectivity index (χ1v) is 12.6. The molecule has 0 amide bonds. The van der Waals surface area contributed by atoms with Crippen LogP contribution in [0.15, 0.2) is 23.0 Å². The topological polar surface area (TPSA) is 101 Å². The molecule has 0 saturated carbocycles. The van der Waals surface area contributed by atoms with Gasteiger partial charge in [-0.15, -0.1) is 5.10 Å². The number of aromatic nitrogens is 5. The maximum Gasteiger partial charge on any atom is 0.252 e. The quantitative estimate of drug-likeness (QED) is 0.492. The summed E-state index contributed by atoms with van der Waals surface area (Å²) >= 11 is 0. The largest absolute Gasteiger partial charge is 0.379 e. The van der Waals surface area contributed by atoms with Crippen molar-refractivity contribution in [1.29, 1.82) is 0 Å². The Bertz CT molecular complexity index is 1200. The molecule has 188 valence electrons. The van der Waals surface area contributed by atoms with Crippen molar-refractivity contribution in [1.82, 2.24) is 35.0 Å². The van der Waals surface area contributed by atoms with E-state index in [-0.39, 0.29) is 11.7 Å². The lowest BCUT2D eigenvalue weighted by atomic mass is 10.0. The first kappa shape index (κ1) is 24.1. The number of hydrogen-bond donors (Lipinski definition) is 1. The van der Waals surface area contributed by atoms with E-state index in [9.17, 15) is 4.79 Å². The smallest absolute Gasteiger partial charge is 0.252 e. The fourth-order valence-electron chi connectivity index (χ4n) is 4.96. The second-order valence-corrected chi connectivity index (χ2v) is 9.69. The molecule has 2 saturated heterocycles. The Hall–Kier alpha value is -2.66. The van der Waals surface area contributed by atoms with Gasteiger partial charge in [-0.2, -0.15) is 0 Å². The standard InChI is InChI=1S/C25H35N7O3/c1-18-5-6-19(2)24-22(18)14-20(25(33)26-24)15-31(8-7-30-9-12-34-13-10-30)17-23-27-28-29-32(23)16-21-4-3-11-35-21/h5-6,14,21H,3-4,7-13,15-17H2,1-2H3,(H,26,33)/t21-/m1/s1. The summed E-state index contributed by atoms with van der Waals surface area (Å²) in [6.07, 6.45) is 2.27. The zero-order valence-corrected chi connectivity index (χ0v) is 20.7. The molecule has 10 nitrogen and oxygen atoms in total. The number of benzene rings is 1. The SMILES string of the molecule is Cc1ccc(C)c2[nH]c(=O)c(CN(CCN3CCOCC3)Cc3nnnn3C[C@H]3CCCO3)cc12. The number of ether oxygens (including phenoxy) is 2. The van der Waals surface area contributed by atoms with Crippen LogP contribution in [0.5, 0.6) is 0 Å². The Morgan fingerprint density at radius 3 is 2.77 bits per heavy atom. The highest BCUT2D eigenvalue weighted by atomic mass is 16.5. The van der Waals surface area contributed by atoms with E-state index in [2.05, 4.69) is 49.4 Å². The van der Waals surface area contributed by atoms with Gasteiger partial charge < -0.3 is 14.5 Å². The highest BCUT2D eigenvalue weighted by molar-refractivity contribution is 5.85. The first-order chi connectivity index (χ1) is 17.1. The highest BCUT2D eigenvalue weighted by Crippen LogP contribution is 2.21. The number of hydrogen-bond acceptors (Lipinski definition) is 8. The van der Waals surface area contributed by atoms with E-state index in [0.717, 1.165) is 92.3 Å². The zero-order chi connectivity index (χ0) is 24.2. The number of fused-ring (bicyclic) bond motifs is 1. The lowest BCUT2D eigenvalue weighted by Crippen LogP contribution is -2.41. The minimum absolute atomic E-state index is 0.0403. The van der Waals surface area contributed by atoms with Crippen LogP contribution in [0.1, 0.15) is 35.4 Å². The molecular weight excluding hydrogens is 446 g/mol. The normalized spacial score (nSPS) is 19.2. The highest BCUT2D eigenvalue weighted by Gasteiger charge is 2.21. The van der Waals surface area contributed by atoms with E-state index < -0.39 is 0 Å². The van der Waals surface area contributed by atoms with Crippen LogP contribution >= 0.6 is 0 Å². The molecule has 5 rings (SSSR count). The van der Waals surface area contributed by atoms with Gasteiger partial charge in [0.25, 0.3) is 5.56 Å². The fourth-order valence-corrected chi connectivity index (χ4v) is 4.96. The molecule has 1 N–H and O–H groups in total. The van der Waals surface area contributed by atoms with Crippen LogP contribution in [-0.2, 0) is 29.1 Å². The Morgan fingerprint density at radius 1 is 1.14 bits per heavy atom. The predicted octanol–water partition coefficient (Wildman–Crippen LogP) is 1.64. The van der Waals surface area contributed by atoms with Gasteiger partial charge in [0.15, 0.2) is 5.82 Å². The number of H-pyrrole nitrogens is 1. The van der Waals surface area contributed by atoms with Gasteiger partial charge in [-0.05, 0) is 54.3 Å². The summed E-state index contributed by atoms with van der Waals surface area (Å²) in [6, 6.07) is 6.21. The number of aromatic amines is 1. The number of nitrogens with zero attached hydrogens (tertiary/aromatic N) is 6. The van der Waals surface area contributed by atoms with Crippen LogP contribution in [0.3, 0.4) is 0 Å². The first-order valence-electron chi connectivity index (χ1n) is 12.6. The Balaban J connectivity index is 1.37. The van der Waals surface area contributed by atoms with Crippen LogP contribution in [0.4, 0.5) is 0 Å². The van der Waals surface area contributed by atoms with E-state index in [1.807, 2.05) is 17.7 Å². The summed E-state index contributed by atoms with van der Waals surface area (Å²) < 4.78 is 13.2. The molecule has 2 fully saturated rings. The molecule has 3 aromatic rings. The molecule has 2 aliphatic rings. The zero-order valence-electron chi connectivity index (χ0n) is 20.7. The van der Waals surface area contributed by atoms with E-state index >= 15 is 0 Å². The fraction of sp³-hybridized carbons (Fsp3) is 0.600. The molecule has 4 heterocycles. The third kappa shape index (κ3) is 5.78. The predicted molar refractivity (Wildman–Crippen MR) is 132 cm³/mol. The molecule has 2 aliphatic heterocycles. The van der Waals surface area contributed by atoms with Gasteiger partial charge in [0, 0.05) is 50.3 Å². The lowest BCUT2D eigenvalue weighted by Gasteiger charge is -2.30. The van der Waals surface area contributed by atoms with Crippen LogP contribution < -0.4 is 5.56 Å². The molecule has 2 aromatic heterocycles. The lowest BCUT2D eigenvalue weighted by molar-refractivity contribution is 0.0321. The molecule has 0 spiro atoms. The number of morpholine rings is 1. The minimum Gasteiger partial charge on any atom is -0.379 e. The molecule has 0 aliphatic carbocycles. The van der Waals surface area contributed by atoms with Crippen molar-refractivity contribution in [3.63, 3.8) is 0 Å². The summed E-state index contributed by atoms with van der Waals surface area (Å²) in [6.45, 7) is 11.8. The maximum absolute atomic E-state index is 13.1. The summed E-state index contributed by atoms with van der Waals surface area (Å²) in [5.41, 5.74) is 3.86. The molecule has 1 atom stereocenters. The number of tetrazole rings is 1. The van der Waals surface area contributed by atoms with Crippen molar-refractivity contribution in [2.75, 3.05) is 46.0 Å². The third-order valence-corrected chi connectivity index (χ3v) is 7.12. The van der Waals surface area contributed by atoms with E-state index in [1.165, 1.54) is 0 Å². The van der Waals surface area contributed by atoms with Gasteiger partial charge >= 0.3 is 0 Å². The summed E-state index contributed by atoms with van der Waals surface area (Å²) in [5, 5.41) is 13.6. The Labute approximate surface area is 205 Å². The number of aryl methyl sites for hydroxylation is 2. The molecular formula is C25H35N7O3. The van der Waals surface area contributed by atoms with Crippen LogP contribution in [0, 0.1) is 13.8 Å². The van der Waals surface area contributed by atoms with Crippen molar-refractivity contribution < 1.29 is 9.47 Å². The van der Waals surface area contributed by atoms with Gasteiger partial charge in [-0.3, -0.25) is 14.6 Å². The van der Waals surface area contributed by atoms with E-state index in [0.29, 0.717) is 19.6 Å². The number of rotatable bonds is 9. The van der Waals surface area contributed by atoms with Gasteiger partial charge in [0.2, 0.25) is 0 Å². The second-order valence-electron chi connectivity index (χ2n) is 9.69.